The molecule has 0 radical (unpaired) electrons. The monoisotopic (exact) mass is 469 g/mol. The van der Waals surface area contributed by atoms with Gasteiger partial charge in [-0.1, -0.05) is 13.8 Å². The van der Waals surface area contributed by atoms with Crippen molar-refractivity contribution in [2.75, 3.05) is 5.32 Å². The summed E-state index contributed by atoms with van der Waals surface area (Å²) in [6, 6.07) is 6.30. The topological polar surface area (TPSA) is 78.8 Å². The van der Waals surface area contributed by atoms with E-state index >= 15 is 0 Å². The number of halogens is 2. The van der Waals surface area contributed by atoms with Gasteiger partial charge in [0.05, 0.1) is 8.95 Å². The average Bonchev–Trinajstić information content (AvgIpc) is 2.97. The molecule has 3 rings (SSSR count). The van der Waals surface area contributed by atoms with Gasteiger partial charge >= 0.3 is 5.97 Å². The zero-order valence-corrected chi connectivity index (χ0v) is 16.8. The summed E-state index contributed by atoms with van der Waals surface area (Å²) in [6.07, 6.45) is 0.377. The van der Waals surface area contributed by atoms with Crippen molar-refractivity contribution in [2.24, 2.45) is 0 Å². The van der Waals surface area contributed by atoms with E-state index in [1.807, 2.05) is 26.0 Å². The predicted molar refractivity (Wildman–Crippen MR) is 103 cm³/mol. The van der Waals surface area contributed by atoms with Gasteiger partial charge in [-0.15, -0.1) is 0 Å². The number of carbonyl (C=O) groups is 1. The van der Waals surface area contributed by atoms with Crippen LogP contribution in [-0.2, 0) is 11.2 Å². The third kappa shape index (κ3) is 3.48. The van der Waals surface area contributed by atoms with E-state index in [1.54, 1.807) is 12.1 Å². The average molecular weight is 471 g/mol. The summed E-state index contributed by atoms with van der Waals surface area (Å²) in [5.41, 5.74) is 2.44. The molecule has 0 spiro atoms. The van der Waals surface area contributed by atoms with Gasteiger partial charge in [-0.05, 0) is 67.6 Å². The number of carboxylic acid groups (broad SMARTS) is 1. The molecule has 0 bridgehead atoms. The Hall–Kier alpha value is -1.73. The summed E-state index contributed by atoms with van der Waals surface area (Å²) in [5, 5.41) is 22.2. The molecule has 1 aliphatic heterocycles. The standard InChI is InChI=1S/C18H17Br2NO4/c1-8(2)10-5-9(3-4-15(10)22)25-17-12(19)7-13-11(16(17)20)6-14(21-13)18(23)24/h3-5,7-8,14,21-22H,6H2,1-2H3,(H,23,24). The summed E-state index contributed by atoms with van der Waals surface area (Å²) < 4.78 is 7.45. The number of hydrogen-bond acceptors (Lipinski definition) is 4. The number of carboxylic acids is 1. The van der Waals surface area contributed by atoms with E-state index in [2.05, 4.69) is 37.2 Å². The molecule has 7 heteroatoms. The summed E-state index contributed by atoms with van der Waals surface area (Å²) >= 11 is 7.03. The molecule has 1 aliphatic rings. The molecule has 0 saturated carbocycles. The Balaban J connectivity index is 1.96. The lowest BCUT2D eigenvalue weighted by Gasteiger charge is -2.15. The molecule has 0 amide bonds. The third-order valence-electron chi connectivity index (χ3n) is 4.15. The second-order valence-electron chi connectivity index (χ2n) is 6.24. The highest BCUT2D eigenvalue weighted by atomic mass is 79.9. The van der Waals surface area contributed by atoms with Crippen LogP contribution in [0.15, 0.2) is 33.2 Å². The van der Waals surface area contributed by atoms with Gasteiger partial charge in [0.2, 0.25) is 0 Å². The Bertz CT molecular complexity index is 851. The van der Waals surface area contributed by atoms with Crippen LogP contribution in [0.1, 0.15) is 30.9 Å². The number of fused-ring (bicyclic) bond motifs is 1. The van der Waals surface area contributed by atoms with Gasteiger partial charge in [0.1, 0.15) is 17.5 Å². The molecule has 132 valence electrons. The maximum Gasteiger partial charge on any atom is 0.326 e. The largest absolute Gasteiger partial charge is 0.508 e. The van der Waals surface area contributed by atoms with Crippen LogP contribution in [-0.4, -0.2) is 22.2 Å². The number of aromatic hydroxyl groups is 1. The van der Waals surface area contributed by atoms with Crippen molar-refractivity contribution in [2.45, 2.75) is 32.2 Å². The Labute approximate surface area is 162 Å². The van der Waals surface area contributed by atoms with Crippen molar-refractivity contribution in [3.63, 3.8) is 0 Å². The first kappa shape index (κ1) is 18.1. The van der Waals surface area contributed by atoms with Crippen molar-refractivity contribution in [3.8, 4) is 17.2 Å². The minimum absolute atomic E-state index is 0.163. The van der Waals surface area contributed by atoms with E-state index < -0.39 is 12.0 Å². The van der Waals surface area contributed by atoms with E-state index in [9.17, 15) is 15.0 Å². The number of hydrogen-bond donors (Lipinski definition) is 3. The van der Waals surface area contributed by atoms with E-state index in [0.717, 1.165) is 16.8 Å². The van der Waals surface area contributed by atoms with Gasteiger partial charge in [0.25, 0.3) is 0 Å². The highest BCUT2D eigenvalue weighted by molar-refractivity contribution is 9.11. The van der Waals surface area contributed by atoms with Crippen molar-refractivity contribution in [1.82, 2.24) is 0 Å². The highest BCUT2D eigenvalue weighted by Gasteiger charge is 2.30. The van der Waals surface area contributed by atoms with E-state index in [0.29, 0.717) is 26.9 Å². The van der Waals surface area contributed by atoms with Gasteiger partial charge in [-0.25, -0.2) is 4.79 Å². The van der Waals surface area contributed by atoms with E-state index in [-0.39, 0.29) is 11.7 Å². The fourth-order valence-corrected chi connectivity index (χ4v) is 4.27. The van der Waals surface area contributed by atoms with Crippen LogP contribution >= 0.6 is 31.9 Å². The van der Waals surface area contributed by atoms with Crippen molar-refractivity contribution in [1.29, 1.82) is 0 Å². The molecule has 0 aliphatic carbocycles. The molecule has 0 saturated heterocycles. The van der Waals surface area contributed by atoms with Crippen LogP contribution in [0.4, 0.5) is 5.69 Å². The Kier molecular flexibility index (Phi) is 4.97. The van der Waals surface area contributed by atoms with E-state index in [4.69, 9.17) is 4.74 Å². The maximum atomic E-state index is 11.2. The van der Waals surface area contributed by atoms with E-state index in [1.165, 1.54) is 0 Å². The summed E-state index contributed by atoms with van der Waals surface area (Å²) in [4.78, 5) is 11.2. The number of rotatable bonds is 4. The van der Waals surface area contributed by atoms with Gasteiger partial charge in [-0.3, -0.25) is 0 Å². The fourth-order valence-electron chi connectivity index (χ4n) is 2.83. The number of nitrogens with one attached hydrogen (secondary N) is 1. The second-order valence-corrected chi connectivity index (χ2v) is 7.89. The molecule has 1 unspecified atom stereocenters. The van der Waals surface area contributed by atoms with Gasteiger partial charge in [-0.2, -0.15) is 0 Å². The van der Waals surface area contributed by atoms with Crippen molar-refractivity contribution < 1.29 is 19.7 Å². The molecule has 2 aromatic carbocycles. The molecular weight excluding hydrogens is 454 g/mol. The first-order chi connectivity index (χ1) is 11.8. The van der Waals surface area contributed by atoms with Crippen LogP contribution in [0.3, 0.4) is 0 Å². The number of benzene rings is 2. The second kappa shape index (κ2) is 6.88. The quantitative estimate of drug-likeness (QED) is 0.568. The first-order valence-electron chi connectivity index (χ1n) is 7.79. The predicted octanol–water partition coefficient (Wildman–Crippen LogP) is 5.25. The van der Waals surface area contributed by atoms with Crippen LogP contribution in [0.5, 0.6) is 17.2 Å². The fraction of sp³-hybridized carbons (Fsp3) is 0.278. The van der Waals surface area contributed by atoms with Crippen LogP contribution in [0.2, 0.25) is 0 Å². The third-order valence-corrected chi connectivity index (χ3v) is 5.58. The lowest BCUT2D eigenvalue weighted by molar-refractivity contribution is -0.137. The molecule has 25 heavy (non-hydrogen) atoms. The lowest BCUT2D eigenvalue weighted by Crippen LogP contribution is -2.26. The molecule has 1 atom stereocenters. The van der Waals surface area contributed by atoms with Crippen LogP contribution < -0.4 is 10.1 Å². The smallest absolute Gasteiger partial charge is 0.326 e. The van der Waals surface area contributed by atoms with Gasteiger partial charge in [0, 0.05) is 17.7 Å². The summed E-state index contributed by atoms with van der Waals surface area (Å²) in [5.74, 6) is 0.691. The van der Waals surface area contributed by atoms with Crippen molar-refractivity contribution >= 4 is 43.5 Å². The lowest BCUT2D eigenvalue weighted by atomic mass is 10.0. The molecule has 3 N–H and O–H groups in total. The number of phenolic OH excluding ortho intramolecular Hbond substituents is 1. The Morgan fingerprint density at radius 1 is 1.32 bits per heavy atom. The summed E-state index contributed by atoms with van der Waals surface area (Å²) in [7, 11) is 0. The van der Waals surface area contributed by atoms with Gasteiger partial charge < -0.3 is 20.3 Å². The molecular formula is C18H17Br2NO4. The van der Waals surface area contributed by atoms with Crippen LogP contribution in [0, 0.1) is 0 Å². The van der Waals surface area contributed by atoms with Crippen LogP contribution in [0.25, 0.3) is 0 Å². The minimum atomic E-state index is -0.887. The number of anilines is 1. The molecule has 5 nitrogen and oxygen atoms in total. The molecule has 0 aromatic heterocycles. The Morgan fingerprint density at radius 2 is 2.04 bits per heavy atom. The number of phenols is 1. The SMILES string of the molecule is CC(C)c1cc(Oc2c(Br)cc3c(c2Br)CC(C(=O)O)N3)ccc1O. The highest BCUT2D eigenvalue weighted by Crippen LogP contribution is 2.45. The normalized spacial score (nSPS) is 15.8. The molecule has 0 fully saturated rings. The van der Waals surface area contributed by atoms with Gasteiger partial charge in [0.15, 0.2) is 5.75 Å². The zero-order valence-electron chi connectivity index (χ0n) is 13.6. The Morgan fingerprint density at radius 3 is 2.68 bits per heavy atom. The summed E-state index contributed by atoms with van der Waals surface area (Å²) in [6.45, 7) is 4.00. The van der Waals surface area contributed by atoms with Crippen molar-refractivity contribution in [3.05, 3.63) is 44.3 Å². The number of aliphatic carboxylic acids is 1. The molecule has 1 heterocycles. The first-order valence-corrected chi connectivity index (χ1v) is 9.37. The molecule has 2 aromatic rings. The number of ether oxygens (including phenoxy) is 1. The zero-order chi connectivity index (χ0) is 18.3. The maximum absolute atomic E-state index is 11.2. The minimum Gasteiger partial charge on any atom is -0.508 e.